The smallest absolute Gasteiger partial charge is 0.200 e. The minimum absolute atomic E-state index is 0.471. The Hall–Kier alpha value is -8.41. The van der Waals surface area contributed by atoms with Crippen LogP contribution >= 0.6 is 0 Å². The van der Waals surface area contributed by atoms with E-state index < -0.39 is 154 Å². The van der Waals surface area contributed by atoms with Crippen LogP contribution < -0.4 is 26.8 Å². The second kappa shape index (κ2) is 23.4. The largest absolute Gasteiger partial charge is 0.363 e. The minimum Gasteiger partial charge on any atom is -0.363 e. The van der Waals surface area contributed by atoms with Crippen LogP contribution in [0.15, 0.2) is 155 Å². The molecule has 0 aliphatic heterocycles. The summed E-state index contributed by atoms with van der Waals surface area (Å²) in [6.07, 6.45) is -7.22. The first-order valence-corrected chi connectivity index (χ1v) is 24.9. The van der Waals surface area contributed by atoms with Gasteiger partial charge in [-0.05, 0) is 47.5 Å². The van der Waals surface area contributed by atoms with Gasteiger partial charge in [0.25, 0.3) is 0 Å². The van der Waals surface area contributed by atoms with E-state index in [1.165, 1.54) is 11.1 Å². The zero-order valence-electron chi connectivity index (χ0n) is 40.4. The fourth-order valence-corrected chi connectivity index (χ4v) is 11.8. The fraction of sp³-hybridized carbons (Fsp3) is 0.0526. The van der Waals surface area contributed by atoms with Crippen molar-refractivity contribution >= 4 is 43.6 Å². The van der Waals surface area contributed by atoms with Gasteiger partial charge in [-0.2, -0.15) is 0 Å². The van der Waals surface area contributed by atoms with Gasteiger partial charge in [0.2, 0.25) is 0 Å². The van der Waals surface area contributed by atoms with Gasteiger partial charge in [0.05, 0.1) is 0 Å². The summed E-state index contributed by atoms with van der Waals surface area (Å²) in [5, 5.41) is 0. The SMILES string of the molecule is Fc1c(F)c(F)c([B-](c2c(F)c(F)c(F)c(F)c2F)(c2c(F)c(F)c(F)c(F)c2F)c2c(F)c(F)c(F)c(F)c2F)c(F)c1F.O=[S+](Cc1ccc(N(Cc2ccccc2)Cc2ccccc2)cc1)(c1ccccc1)c1ccccc1. The Morgan fingerprint density at radius 3 is 0.741 bits per heavy atom. The van der Waals surface area contributed by atoms with E-state index in [1.54, 1.807) is 0 Å². The molecule has 0 aliphatic rings. The third-order valence-electron chi connectivity index (χ3n) is 13.1. The maximum Gasteiger partial charge on any atom is 0.200 e. The quantitative estimate of drug-likeness (QED) is 0.0377. The molecule has 9 rings (SSSR count). The molecule has 9 aromatic rings. The molecule has 0 fully saturated rings. The highest BCUT2D eigenvalue weighted by atomic mass is 32.2. The Bertz CT molecular complexity index is 3410. The van der Waals surface area contributed by atoms with E-state index in [9.17, 15) is 56.9 Å². The molecule has 81 heavy (non-hydrogen) atoms. The van der Waals surface area contributed by atoms with Crippen LogP contribution in [0, 0.1) is 116 Å². The summed E-state index contributed by atoms with van der Waals surface area (Å²) in [5.41, 5.74) is -9.57. The summed E-state index contributed by atoms with van der Waals surface area (Å²) in [6, 6.07) is 49.4. The van der Waals surface area contributed by atoms with Gasteiger partial charge in [0, 0.05) is 24.3 Å². The molecular weight excluding hydrogens is 1140 g/mol. The van der Waals surface area contributed by atoms with Gasteiger partial charge >= 0.3 is 0 Å². The molecule has 0 saturated heterocycles. The third-order valence-corrected chi connectivity index (χ3v) is 15.9. The summed E-state index contributed by atoms with van der Waals surface area (Å²) >= 11 is 0. The lowest BCUT2D eigenvalue weighted by atomic mass is 9.12. The first-order chi connectivity index (χ1) is 38.4. The Morgan fingerprint density at radius 2 is 0.494 bits per heavy atom. The first-order valence-electron chi connectivity index (χ1n) is 23.2. The van der Waals surface area contributed by atoms with Crippen LogP contribution in [0.5, 0.6) is 0 Å². The van der Waals surface area contributed by atoms with Crippen LogP contribution in [0.2, 0.25) is 0 Å². The van der Waals surface area contributed by atoms with Crippen LogP contribution in [0.1, 0.15) is 16.7 Å². The molecule has 418 valence electrons. The molecule has 0 spiro atoms. The van der Waals surface area contributed by atoms with E-state index in [2.05, 4.69) is 89.8 Å². The highest BCUT2D eigenvalue weighted by molar-refractivity contribution is 8.02. The standard InChI is InChI=1S/C33H30NOS.C24BF20/c35-36(32-17-9-3-10-18-32,33-19-11-4-12-20-33)27-30-21-23-31(24-22-30)34(25-28-13-5-1-6-14-28)26-29-15-7-2-8-16-29;26-5-1(6(27)14(35)21(42)13(5)34)25(2-7(28)15(36)22(43)16(37)8(2)29,3-9(30)17(38)23(44)18(39)10(3)31)4-11(32)19(40)24(45)20(41)12(4)33/h1-24H,25-27H2;/q+1;-1. The first kappa shape index (κ1) is 58.7. The second-order valence-corrected chi connectivity index (χ2v) is 20.3. The van der Waals surface area contributed by atoms with E-state index in [-0.39, 0.29) is 0 Å². The predicted octanol–water partition coefficient (Wildman–Crippen LogP) is 13.9. The van der Waals surface area contributed by atoms with Gasteiger partial charge in [-0.15, -0.1) is 21.9 Å². The molecule has 0 N–H and O–H groups in total. The van der Waals surface area contributed by atoms with E-state index in [0.717, 1.165) is 34.1 Å². The number of halogens is 20. The van der Waals surface area contributed by atoms with Crippen molar-refractivity contribution in [3.05, 3.63) is 279 Å². The maximum absolute atomic E-state index is 15.4. The van der Waals surface area contributed by atoms with Crippen LogP contribution in [0.25, 0.3) is 0 Å². The fourth-order valence-electron chi connectivity index (χ4n) is 9.34. The Morgan fingerprint density at radius 1 is 0.272 bits per heavy atom. The number of benzene rings is 9. The van der Waals surface area contributed by atoms with Crippen molar-refractivity contribution in [3.63, 3.8) is 0 Å². The van der Waals surface area contributed by atoms with Crippen LogP contribution in [0.3, 0.4) is 0 Å². The van der Waals surface area contributed by atoms with Crippen molar-refractivity contribution in [3.8, 4) is 0 Å². The van der Waals surface area contributed by atoms with E-state index in [0.29, 0.717) is 5.75 Å². The molecule has 0 amide bonds. The summed E-state index contributed by atoms with van der Waals surface area (Å²) in [6.45, 7) is 1.64. The van der Waals surface area contributed by atoms with Gasteiger partial charge in [0.1, 0.15) is 58.4 Å². The van der Waals surface area contributed by atoms with Crippen molar-refractivity contribution in [2.75, 3.05) is 4.90 Å². The van der Waals surface area contributed by atoms with E-state index >= 15 is 35.1 Å². The van der Waals surface area contributed by atoms with Crippen LogP contribution in [-0.4, -0.2) is 6.15 Å². The Labute approximate surface area is 446 Å². The normalized spacial score (nSPS) is 11.7. The number of nitrogens with zero attached hydrogens (tertiary/aromatic N) is 1. The van der Waals surface area contributed by atoms with Gasteiger partial charge in [-0.3, -0.25) is 0 Å². The molecule has 2 nitrogen and oxygen atoms in total. The third kappa shape index (κ3) is 10.4. The molecule has 0 unspecified atom stereocenters. The maximum atomic E-state index is 15.4. The molecule has 9 aromatic carbocycles. The molecular formula is C57H30BF20NOS. The number of anilines is 1. The van der Waals surface area contributed by atoms with E-state index in [1.807, 2.05) is 60.7 Å². The van der Waals surface area contributed by atoms with E-state index in [4.69, 9.17) is 0 Å². The lowest BCUT2D eigenvalue weighted by Gasteiger charge is -2.44. The molecule has 0 saturated carbocycles. The lowest BCUT2D eigenvalue weighted by Crippen LogP contribution is -2.81. The zero-order chi connectivity index (χ0) is 59.0. The number of rotatable bonds is 13. The van der Waals surface area contributed by atoms with Crippen molar-refractivity contribution < 1.29 is 92.0 Å². The highest BCUT2D eigenvalue weighted by Crippen LogP contribution is 2.35. The number of hydrogen-bond donors (Lipinski definition) is 0. The summed E-state index contributed by atoms with van der Waals surface area (Å²) in [7, 11) is -2.44. The molecule has 0 atom stereocenters. The highest BCUT2D eigenvalue weighted by Gasteiger charge is 2.52. The minimum atomic E-state index is -7.22. The topological polar surface area (TPSA) is 20.3 Å². The van der Waals surface area contributed by atoms with Crippen molar-refractivity contribution in [2.45, 2.75) is 28.6 Å². The predicted molar refractivity (Wildman–Crippen MR) is 260 cm³/mol. The van der Waals surface area contributed by atoms with Crippen LogP contribution in [-0.2, 0) is 33.0 Å². The molecule has 0 radical (unpaired) electrons. The van der Waals surface area contributed by atoms with Crippen molar-refractivity contribution in [1.29, 1.82) is 0 Å². The average Bonchev–Trinajstić information content (AvgIpc) is 2.72. The molecule has 0 bridgehead atoms. The van der Waals surface area contributed by atoms with Crippen LogP contribution in [0.4, 0.5) is 93.5 Å². The molecule has 0 aliphatic carbocycles. The number of hydrogen-bond acceptors (Lipinski definition) is 2. The molecule has 0 aromatic heterocycles. The average molecular weight is 1170 g/mol. The lowest BCUT2D eigenvalue weighted by molar-refractivity contribution is 0.378. The Kier molecular flexibility index (Phi) is 16.9. The van der Waals surface area contributed by atoms with Gasteiger partial charge in [-0.25, -0.2) is 87.8 Å². The molecule has 24 heteroatoms. The van der Waals surface area contributed by atoms with Gasteiger partial charge in [0.15, 0.2) is 89.5 Å². The second-order valence-electron chi connectivity index (χ2n) is 17.7. The molecule has 0 heterocycles. The van der Waals surface area contributed by atoms with Crippen molar-refractivity contribution in [2.24, 2.45) is 0 Å². The monoisotopic (exact) mass is 1170 g/mol. The van der Waals surface area contributed by atoms with Gasteiger partial charge in [-0.1, -0.05) is 113 Å². The van der Waals surface area contributed by atoms with Gasteiger partial charge < -0.3 is 4.90 Å². The summed E-state index contributed by atoms with van der Waals surface area (Å²) < 4.78 is 308. The Balaban J connectivity index is 0.000000217. The summed E-state index contributed by atoms with van der Waals surface area (Å²) in [5.74, 6) is -70.9. The summed E-state index contributed by atoms with van der Waals surface area (Å²) in [4.78, 5) is 4.13. The zero-order valence-corrected chi connectivity index (χ0v) is 41.2. The van der Waals surface area contributed by atoms with Crippen molar-refractivity contribution in [1.82, 2.24) is 0 Å².